The van der Waals surface area contributed by atoms with Crippen LogP contribution in [0.5, 0.6) is 5.75 Å². The summed E-state index contributed by atoms with van der Waals surface area (Å²) in [5.41, 5.74) is -2.00. The second kappa shape index (κ2) is 13.3. The molecule has 0 saturated carbocycles. The van der Waals surface area contributed by atoms with E-state index in [1.54, 1.807) is 26.9 Å². The first-order valence-electron chi connectivity index (χ1n) is 16.5. The van der Waals surface area contributed by atoms with Gasteiger partial charge in [-0.05, 0) is 77.1 Å². The summed E-state index contributed by atoms with van der Waals surface area (Å²) in [6.45, 7) is 22.3. The average molecular weight is 624 g/mol. The Morgan fingerprint density at radius 3 is 2.27 bits per heavy atom. The molecule has 9 nitrogen and oxygen atoms in total. The van der Waals surface area contributed by atoms with Crippen molar-refractivity contribution in [3.8, 4) is 5.75 Å². The fourth-order valence-electron chi connectivity index (χ4n) is 7.96. The molecule has 1 spiro atoms. The number of likely N-dealkylation sites (tertiary alicyclic amines) is 1. The van der Waals surface area contributed by atoms with E-state index in [1.807, 2.05) is 72.7 Å². The molecule has 3 amide bonds. The lowest BCUT2D eigenvalue weighted by atomic mass is 9.64. The molecule has 3 heterocycles. The summed E-state index contributed by atoms with van der Waals surface area (Å²) >= 11 is 0. The van der Waals surface area contributed by atoms with Crippen LogP contribution in [0.25, 0.3) is 0 Å². The predicted molar refractivity (Wildman–Crippen MR) is 176 cm³/mol. The van der Waals surface area contributed by atoms with E-state index >= 15 is 0 Å². The highest BCUT2D eigenvalue weighted by Crippen LogP contribution is 2.65. The van der Waals surface area contributed by atoms with Gasteiger partial charge in [0, 0.05) is 24.3 Å². The van der Waals surface area contributed by atoms with Gasteiger partial charge in [-0.2, -0.15) is 0 Å². The number of aliphatic hydroxyl groups excluding tert-OH is 1. The number of nitrogens with zero attached hydrogens (tertiary/aromatic N) is 3. The molecule has 3 fully saturated rings. The van der Waals surface area contributed by atoms with Crippen molar-refractivity contribution in [1.82, 2.24) is 9.80 Å². The largest absolute Gasteiger partial charge is 0.494 e. The number of benzene rings is 1. The summed E-state index contributed by atoms with van der Waals surface area (Å²) < 4.78 is 12.7. The summed E-state index contributed by atoms with van der Waals surface area (Å²) in [4.78, 5) is 49.5. The minimum Gasteiger partial charge on any atom is -0.494 e. The summed E-state index contributed by atoms with van der Waals surface area (Å²) in [5.74, 6) is -1.82. The van der Waals surface area contributed by atoms with E-state index in [0.717, 1.165) is 0 Å². The number of hydrogen-bond donors (Lipinski definition) is 1. The van der Waals surface area contributed by atoms with Crippen LogP contribution in [0.4, 0.5) is 5.69 Å². The van der Waals surface area contributed by atoms with Gasteiger partial charge in [0.25, 0.3) is 0 Å². The van der Waals surface area contributed by atoms with Crippen LogP contribution >= 0.6 is 0 Å². The molecule has 1 aromatic rings. The minimum absolute atomic E-state index is 0.0837. The molecule has 0 aliphatic carbocycles. The fourth-order valence-corrected chi connectivity index (χ4v) is 7.96. The van der Waals surface area contributed by atoms with Crippen LogP contribution in [0.15, 0.2) is 49.6 Å². The monoisotopic (exact) mass is 623 g/mol. The van der Waals surface area contributed by atoms with Crippen LogP contribution in [-0.4, -0.2) is 87.8 Å². The van der Waals surface area contributed by atoms with Gasteiger partial charge in [0.1, 0.15) is 17.4 Å². The number of ether oxygens (including phenoxy) is 2. The third-order valence-electron chi connectivity index (χ3n) is 10.4. The van der Waals surface area contributed by atoms with Crippen LogP contribution in [0, 0.1) is 17.8 Å². The zero-order valence-corrected chi connectivity index (χ0v) is 28.3. The Hall–Kier alpha value is -3.17. The Morgan fingerprint density at radius 2 is 1.76 bits per heavy atom. The first-order valence-corrected chi connectivity index (χ1v) is 16.5. The summed E-state index contributed by atoms with van der Waals surface area (Å²) in [7, 11) is 0. The fraction of sp³-hybridized carbons (Fsp3) is 0.639. The zero-order valence-electron chi connectivity index (χ0n) is 28.3. The average Bonchev–Trinajstić information content (AvgIpc) is 3.62. The molecule has 7 atom stereocenters. The normalized spacial score (nSPS) is 28.4. The van der Waals surface area contributed by atoms with Crippen LogP contribution in [-0.2, 0) is 19.1 Å². The van der Waals surface area contributed by atoms with Crippen LogP contribution in [0.1, 0.15) is 74.1 Å². The Morgan fingerprint density at radius 1 is 1.11 bits per heavy atom. The van der Waals surface area contributed by atoms with E-state index in [-0.39, 0.29) is 36.8 Å². The lowest BCUT2D eigenvalue weighted by molar-refractivity contribution is -0.160. The predicted octanol–water partition coefficient (Wildman–Crippen LogP) is 4.98. The first-order chi connectivity index (χ1) is 21.3. The van der Waals surface area contributed by atoms with E-state index in [1.165, 1.54) is 0 Å². The molecule has 45 heavy (non-hydrogen) atoms. The maximum Gasteiger partial charge on any atom is 0.249 e. The van der Waals surface area contributed by atoms with Gasteiger partial charge >= 0.3 is 0 Å². The third kappa shape index (κ3) is 5.71. The number of rotatable bonds is 14. The van der Waals surface area contributed by atoms with E-state index in [4.69, 9.17) is 9.47 Å². The first kappa shape index (κ1) is 34.7. The molecule has 1 aromatic carbocycles. The molecular formula is C36H53N3O6. The highest BCUT2D eigenvalue weighted by atomic mass is 16.5. The molecule has 0 radical (unpaired) electrons. The minimum atomic E-state index is -1.20. The van der Waals surface area contributed by atoms with E-state index in [9.17, 15) is 19.5 Å². The molecule has 3 aliphatic rings. The third-order valence-corrected chi connectivity index (χ3v) is 10.4. The summed E-state index contributed by atoms with van der Waals surface area (Å²) in [6.07, 6.45) is 5.61. The molecule has 0 aromatic heterocycles. The molecule has 4 rings (SSSR count). The SMILES string of the molecule is C=CCN(C(=O)[C@H]1[C@H]2C(=O)N([C@@H](CO)[C@@H](C)CC)C(C(=O)N(CC=C)C(C)(C)C)C23CC[C@]1(CC)O3)c1ccc(OCC)cc1. The smallest absolute Gasteiger partial charge is 0.249 e. The quantitative estimate of drug-likeness (QED) is 0.294. The maximum absolute atomic E-state index is 14.9. The molecule has 2 unspecified atom stereocenters. The number of anilines is 1. The number of carbonyl (C=O) groups is 3. The molecule has 1 N–H and O–H groups in total. The van der Waals surface area contributed by atoms with Crippen molar-refractivity contribution in [3.63, 3.8) is 0 Å². The second-order valence-corrected chi connectivity index (χ2v) is 13.8. The van der Waals surface area contributed by atoms with Gasteiger partial charge in [0.15, 0.2) is 0 Å². The number of fused-ring (bicyclic) bond motifs is 1. The van der Waals surface area contributed by atoms with Crippen LogP contribution < -0.4 is 9.64 Å². The Kier molecular flexibility index (Phi) is 10.2. The van der Waals surface area contributed by atoms with Gasteiger partial charge in [-0.1, -0.05) is 39.3 Å². The second-order valence-electron chi connectivity index (χ2n) is 13.8. The number of aliphatic hydroxyl groups is 1. The Balaban J connectivity index is 1.88. The molecule has 9 heteroatoms. The topological polar surface area (TPSA) is 99.6 Å². The van der Waals surface area contributed by atoms with E-state index in [0.29, 0.717) is 50.3 Å². The van der Waals surface area contributed by atoms with Gasteiger partial charge in [0.2, 0.25) is 17.7 Å². The number of amides is 3. The molecule has 3 aliphatic heterocycles. The van der Waals surface area contributed by atoms with Crippen molar-refractivity contribution in [3.05, 3.63) is 49.6 Å². The van der Waals surface area contributed by atoms with Gasteiger partial charge < -0.3 is 29.3 Å². The van der Waals surface area contributed by atoms with Crippen molar-refractivity contribution < 1.29 is 29.0 Å². The van der Waals surface area contributed by atoms with Crippen LogP contribution in [0.2, 0.25) is 0 Å². The lowest BCUT2D eigenvalue weighted by Crippen LogP contribution is -2.62. The maximum atomic E-state index is 14.9. The molecular weight excluding hydrogens is 570 g/mol. The van der Waals surface area contributed by atoms with Gasteiger partial charge in [-0.25, -0.2) is 0 Å². The van der Waals surface area contributed by atoms with Gasteiger partial charge in [-0.3, -0.25) is 14.4 Å². The Bertz CT molecular complexity index is 1270. The number of carbonyl (C=O) groups excluding carboxylic acids is 3. The summed E-state index contributed by atoms with van der Waals surface area (Å²) in [5, 5.41) is 10.7. The van der Waals surface area contributed by atoms with Crippen LogP contribution in [0.3, 0.4) is 0 Å². The number of hydrogen-bond acceptors (Lipinski definition) is 6. The van der Waals surface area contributed by atoms with Crippen molar-refractivity contribution >= 4 is 23.4 Å². The Labute approximate surface area is 269 Å². The molecule has 2 bridgehead atoms. The standard InChI is InChI=1S/C36H53N3O6/c1-10-21-37(25-15-17-26(18-16-25)44-14-5)31(41)28-29-32(42)39(27(23-40)24(6)12-3)30(33(43)38(22-11-2)34(7,8)9)36(29)20-19-35(28,13-4)45-36/h10-11,15-18,24,27-30,40H,1-2,12-14,19-23H2,3-9H3/t24-,27-,28+,29-,30?,35-,36?/m0/s1. The van der Waals surface area contributed by atoms with Crippen molar-refractivity contribution in [1.29, 1.82) is 0 Å². The van der Waals surface area contributed by atoms with E-state index < -0.39 is 40.7 Å². The van der Waals surface area contributed by atoms with Crippen molar-refractivity contribution in [2.75, 3.05) is 31.2 Å². The van der Waals surface area contributed by atoms with Gasteiger partial charge in [-0.15, -0.1) is 13.2 Å². The van der Waals surface area contributed by atoms with Gasteiger partial charge in [0.05, 0.1) is 36.7 Å². The summed E-state index contributed by atoms with van der Waals surface area (Å²) in [6, 6.07) is 5.74. The highest BCUT2D eigenvalue weighted by molar-refractivity contribution is 6.03. The van der Waals surface area contributed by atoms with E-state index in [2.05, 4.69) is 13.2 Å². The van der Waals surface area contributed by atoms with Crippen molar-refractivity contribution in [2.45, 2.75) is 103 Å². The lowest BCUT2D eigenvalue weighted by Gasteiger charge is -2.44. The molecule has 248 valence electrons. The highest BCUT2D eigenvalue weighted by Gasteiger charge is 2.79. The van der Waals surface area contributed by atoms with Crippen molar-refractivity contribution in [2.24, 2.45) is 17.8 Å². The zero-order chi connectivity index (χ0) is 33.3. The molecule has 3 saturated heterocycles.